The second-order valence-electron chi connectivity index (χ2n) is 8.88. The summed E-state index contributed by atoms with van der Waals surface area (Å²) in [4.78, 5) is 21.9. The zero-order chi connectivity index (χ0) is 19.7. The van der Waals surface area contributed by atoms with Gasteiger partial charge in [0.1, 0.15) is 5.65 Å². The Kier molecular flexibility index (Phi) is 4.92. The van der Waals surface area contributed by atoms with Crippen LogP contribution in [0.15, 0.2) is 53.5 Å². The third kappa shape index (κ3) is 3.79. The largest absolute Gasteiger partial charge is 0.324 e. The molecule has 1 N–H and O–H groups in total. The average Bonchev–Trinajstić information content (AvgIpc) is 2.68. The summed E-state index contributed by atoms with van der Waals surface area (Å²) in [6, 6.07) is 13.5. The van der Waals surface area contributed by atoms with Crippen LogP contribution in [-0.2, 0) is 0 Å². The number of fused-ring (bicyclic) bond motifs is 1. The summed E-state index contributed by atoms with van der Waals surface area (Å²) in [7, 11) is 0. The molecule has 2 heterocycles. The minimum absolute atomic E-state index is 0.0241. The van der Waals surface area contributed by atoms with Gasteiger partial charge in [-0.2, -0.15) is 4.98 Å². The van der Waals surface area contributed by atoms with Crippen molar-refractivity contribution in [2.45, 2.75) is 52.5 Å². The second-order valence-corrected chi connectivity index (χ2v) is 8.88. The summed E-state index contributed by atoms with van der Waals surface area (Å²) in [6.45, 7) is 6.95. The highest BCUT2D eigenvalue weighted by molar-refractivity contribution is 5.75. The van der Waals surface area contributed by atoms with Gasteiger partial charge in [-0.05, 0) is 55.2 Å². The van der Waals surface area contributed by atoms with Crippen LogP contribution in [0.5, 0.6) is 0 Å². The lowest BCUT2D eigenvalue weighted by Crippen LogP contribution is -2.31. The van der Waals surface area contributed by atoms with Gasteiger partial charge in [0.15, 0.2) is 0 Å². The number of para-hydroxylation sites is 1. The molecule has 0 atom stereocenters. The van der Waals surface area contributed by atoms with Gasteiger partial charge in [0.2, 0.25) is 5.95 Å². The van der Waals surface area contributed by atoms with Crippen LogP contribution in [-0.4, -0.2) is 14.5 Å². The van der Waals surface area contributed by atoms with E-state index < -0.39 is 0 Å². The standard InChI is InChI=1S/C23H28N4O/c1-23(2,3)17-10-12-19(13-11-17)27-20(28)14-9-16-15-24-22(26-21(16)27)25-18-7-5-4-6-8-18/h4-9,14-15,17,19H,10-13H2,1-3H3,(H,24,25,26). The van der Waals surface area contributed by atoms with Crippen molar-refractivity contribution in [2.75, 3.05) is 5.32 Å². The van der Waals surface area contributed by atoms with Crippen molar-refractivity contribution in [3.05, 3.63) is 59.0 Å². The molecular weight excluding hydrogens is 348 g/mol. The van der Waals surface area contributed by atoms with Gasteiger partial charge in [0.05, 0.1) is 0 Å². The van der Waals surface area contributed by atoms with Gasteiger partial charge in [0, 0.05) is 29.4 Å². The molecular formula is C23H28N4O. The number of hydrogen-bond donors (Lipinski definition) is 1. The molecule has 2 aromatic heterocycles. The molecule has 0 spiro atoms. The molecule has 4 rings (SSSR count). The van der Waals surface area contributed by atoms with Crippen LogP contribution in [0.4, 0.5) is 11.6 Å². The number of aromatic nitrogens is 3. The highest BCUT2D eigenvalue weighted by Crippen LogP contribution is 2.41. The molecule has 3 aromatic rings. The third-order valence-electron chi connectivity index (χ3n) is 5.98. The van der Waals surface area contributed by atoms with Crippen LogP contribution < -0.4 is 10.9 Å². The van der Waals surface area contributed by atoms with Gasteiger partial charge in [-0.15, -0.1) is 0 Å². The van der Waals surface area contributed by atoms with E-state index in [0.717, 1.165) is 42.4 Å². The molecule has 5 heteroatoms. The Labute approximate surface area is 165 Å². The van der Waals surface area contributed by atoms with E-state index >= 15 is 0 Å². The van der Waals surface area contributed by atoms with Crippen LogP contribution in [0, 0.1) is 11.3 Å². The fourth-order valence-corrected chi connectivity index (χ4v) is 4.30. The molecule has 1 aromatic carbocycles. The number of nitrogens with zero attached hydrogens (tertiary/aromatic N) is 3. The molecule has 5 nitrogen and oxygen atoms in total. The summed E-state index contributed by atoms with van der Waals surface area (Å²) in [5.74, 6) is 1.22. The molecule has 146 valence electrons. The normalized spacial score (nSPS) is 20.2. The molecule has 0 unspecified atom stereocenters. The molecule has 0 radical (unpaired) electrons. The number of pyridine rings is 1. The zero-order valence-electron chi connectivity index (χ0n) is 16.9. The first-order chi connectivity index (χ1) is 13.4. The van der Waals surface area contributed by atoms with E-state index in [-0.39, 0.29) is 11.6 Å². The average molecular weight is 377 g/mol. The Hall–Kier alpha value is -2.69. The predicted octanol–water partition coefficient (Wildman–Crippen LogP) is 5.31. The quantitative estimate of drug-likeness (QED) is 0.673. The summed E-state index contributed by atoms with van der Waals surface area (Å²) in [6.07, 6.45) is 6.14. The van der Waals surface area contributed by atoms with Crippen molar-refractivity contribution in [1.29, 1.82) is 0 Å². The van der Waals surface area contributed by atoms with E-state index in [0.29, 0.717) is 17.3 Å². The maximum Gasteiger partial charge on any atom is 0.252 e. The topological polar surface area (TPSA) is 59.8 Å². The smallest absolute Gasteiger partial charge is 0.252 e. The van der Waals surface area contributed by atoms with E-state index in [1.54, 1.807) is 12.3 Å². The molecule has 1 aliphatic carbocycles. The lowest BCUT2D eigenvalue weighted by atomic mass is 9.71. The molecule has 0 aliphatic heterocycles. The first kappa shape index (κ1) is 18.7. The van der Waals surface area contributed by atoms with E-state index in [1.807, 2.05) is 41.0 Å². The van der Waals surface area contributed by atoms with Crippen molar-refractivity contribution in [1.82, 2.24) is 14.5 Å². The first-order valence-electron chi connectivity index (χ1n) is 10.1. The third-order valence-corrected chi connectivity index (χ3v) is 5.98. The molecule has 0 saturated heterocycles. The van der Waals surface area contributed by atoms with Crippen molar-refractivity contribution < 1.29 is 0 Å². The maximum atomic E-state index is 12.8. The number of nitrogens with one attached hydrogen (secondary N) is 1. The van der Waals surface area contributed by atoms with Crippen LogP contribution in [0.1, 0.15) is 52.5 Å². The highest BCUT2D eigenvalue weighted by atomic mass is 16.1. The molecule has 1 aliphatic rings. The number of hydrogen-bond acceptors (Lipinski definition) is 4. The SMILES string of the molecule is CC(C)(C)C1CCC(n2c(=O)ccc3cnc(Nc4ccccc4)nc32)CC1. The Morgan fingerprint density at radius 3 is 2.39 bits per heavy atom. The van der Waals surface area contributed by atoms with E-state index in [9.17, 15) is 4.79 Å². The Bertz CT molecular complexity index is 1010. The lowest BCUT2D eigenvalue weighted by molar-refractivity contribution is 0.152. The maximum absolute atomic E-state index is 12.8. The Morgan fingerprint density at radius 1 is 1.00 bits per heavy atom. The van der Waals surface area contributed by atoms with E-state index in [4.69, 9.17) is 4.98 Å². The van der Waals surface area contributed by atoms with Crippen LogP contribution in [0.3, 0.4) is 0 Å². The first-order valence-corrected chi connectivity index (χ1v) is 10.1. The predicted molar refractivity (Wildman–Crippen MR) is 114 cm³/mol. The second kappa shape index (κ2) is 7.38. The van der Waals surface area contributed by atoms with Gasteiger partial charge in [0.25, 0.3) is 5.56 Å². The van der Waals surface area contributed by atoms with Gasteiger partial charge >= 0.3 is 0 Å². The minimum Gasteiger partial charge on any atom is -0.324 e. The fraction of sp³-hybridized carbons (Fsp3) is 0.435. The number of anilines is 2. The van der Waals surface area contributed by atoms with Crippen LogP contribution >= 0.6 is 0 Å². The van der Waals surface area contributed by atoms with Crippen molar-refractivity contribution in [3.8, 4) is 0 Å². The van der Waals surface area contributed by atoms with E-state index in [2.05, 4.69) is 31.1 Å². The molecule has 28 heavy (non-hydrogen) atoms. The monoisotopic (exact) mass is 376 g/mol. The van der Waals surface area contributed by atoms with Gasteiger partial charge in [-0.25, -0.2) is 4.98 Å². The van der Waals surface area contributed by atoms with Crippen molar-refractivity contribution in [2.24, 2.45) is 11.3 Å². The highest BCUT2D eigenvalue weighted by Gasteiger charge is 2.31. The zero-order valence-corrected chi connectivity index (χ0v) is 16.9. The summed E-state index contributed by atoms with van der Waals surface area (Å²) in [5, 5.41) is 4.13. The molecule has 0 bridgehead atoms. The molecule has 1 saturated carbocycles. The Balaban J connectivity index is 1.67. The Morgan fingerprint density at radius 2 is 1.71 bits per heavy atom. The summed E-state index contributed by atoms with van der Waals surface area (Å²) >= 11 is 0. The van der Waals surface area contributed by atoms with Gasteiger partial charge in [-0.3, -0.25) is 9.36 Å². The number of rotatable bonds is 3. The summed E-state index contributed by atoms with van der Waals surface area (Å²) < 4.78 is 1.89. The summed E-state index contributed by atoms with van der Waals surface area (Å²) in [5.41, 5.74) is 2.00. The van der Waals surface area contributed by atoms with Crippen LogP contribution in [0.2, 0.25) is 0 Å². The van der Waals surface area contributed by atoms with E-state index in [1.165, 1.54) is 0 Å². The van der Waals surface area contributed by atoms with Crippen molar-refractivity contribution >= 4 is 22.7 Å². The molecule has 0 amide bonds. The number of benzene rings is 1. The van der Waals surface area contributed by atoms with Gasteiger partial charge in [-0.1, -0.05) is 39.0 Å². The fourth-order valence-electron chi connectivity index (χ4n) is 4.30. The molecule has 1 fully saturated rings. The van der Waals surface area contributed by atoms with Crippen LogP contribution in [0.25, 0.3) is 11.0 Å². The van der Waals surface area contributed by atoms with Gasteiger partial charge < -0.3 is 5.32 Å². The minimum atomic E-state index is 0.0241. The van der Waals surface area contributed by atoms with Crippen molar-refractivity contribution in [3.63, 3.8) is 0 Å². The lowest BCUT2D eigenvalue weighted by Gasteiger charge is -2.37.